The number of benzene rings is 2. The summed E-state index contributed by atoms with van der Waals surface area (Å²) in [4.78, 5) is 25.6. The summed E-state index contributed by atoms with van der Waals surface area (Å²) >= 11 is 15.5. The molecule has 0 N–H and O–H groups in total. The van der Waals surface area contributed by atoms with Crippen LogP contribution >= 0.6 is 39.1 Å². The van der Waals surface area contributed by atoms with E-state index in [1.54, 1.807) is 36.4 Å². The van der Waals surface area contributed by atoms with Gasteiger partial charge in [-0.1, -0.05) is 29.3 Å². The monoisotopic (exact) mass is 383 g/mol. The van der Waals surface area contributed by atoms with Crippen molar-refractivity contribution in [3.63, 3.8) is 0 Å². The molecule has 0 spiro atoms. The van der Waals surface area contributed by atoms with Crippen LogP contribution in [0.15, 0.2) is 40.9 Å². The van der Waals surface area contributed by atoms with Crippen LogP contribution in [0, 0.1) is 0 Å². The maximum Gasteiger partial charge on any atom is 0.299 e. The van der Waals surface area contributed by atoms with Gasteiger partial charge in [-0.05, 0) is 51.8 Å². The van der Waals surface area contributed by atoms with Gasteiger partial charge in [0, 0.05) is 14.5 Å². The second-order valence-electron chi connectivity index (χ2n) is 4.59. The summed E-state index contributed by atoms with van der Waals surface area (Å²) in [5, 5.41) is 1.03. The SMILES string of the molecule is O=C1C(=O)N(Cc2cc(Cl)ccc2Cl)c2c(Br)cccc21. The van der Waals surface area contributed by atoms with E-state index in [1.807, 2.05) is 0 Å². The Morgan fingerprint density at radius 1 is 1.10 bits per heavy atom. The van der Waals surface area contributed by atoms with Crippen LogP contribution in [0.25, 0.3) is 0 Å². The normalized spacial score (nSPS) is 13.8. The highest BCUT2D eigenvalue weighted by Crippen LogP contribution is 2.37. The molecule has 2 aromatic rings. The number of rotatable bonds is 2. The first-order valence-electron chi connectivity index (χ1n) is 6.07. The first-order chi connectivity index (χ1) is 9.99. The van der Waals surface area contributed by atoms with Crippen molar-refractivity contribution in [2.24, 2.45) is 0 Å². The predicted molar refractivity (Wildman–Crippen MR) is 86.1 cm³/mol. The molecule has 6 heteroatoms. The summed E-state index contributed by atoms with van der Waals surface area (Å²) in [5.74, 6) is -1.07. The summed E-state index contributed by atoms with van der Waals surface area (Å²) in [6.07, 6.45) is 0. The molecule has 2 aromatic carbocycles. The number of carbonyl (C=O) groups is 2. The molecule has 3 rings (SSSR count). The smallest absolute Gasteiger partial charge is 0.299 e. The minimum absolute atomic E-state index is 0.194. The van der Waals surface area contributed by atoms with E-state index in [4.69, 9.17) is 23.2 Å². The highest BCUT2D eigenvalue weighted by atomic mass is 79.9. The van der Waals surface area contributed by atoms with Gasteiger partial charge in [0.15, 0.2) is 0 Å². The molecule has 0 atom stereocenters. The number of amides is 1. The van der Waals surface area contributed by atoms with E-state index in [0.29, 0.717) is 31.3 Å². The van der Waals surface area contributed by atoms with Gasteiger partial charge in [0.2, 0.25) is 0 Å². The molecular formula is C15H8BrCl2NO2. The van der Waals surface area contributed by atoms with Gasteiger partial charge in [0.25, 0.3) is 11.7 Å². The lowest BCUT2D eigenvalue weighted by atomic mass is 10.1. The summed E-state index contributed by atoms with van der Waals surface area (Å²) in [6, 6.07) is 10.2. The first-order valence-corrected chi connectivity index (χ1v) is 7.62. The average molecular weight is 385 g/mol. The second-order valence-corrected chi connectivity index (χ2v) is 6.29. The summed E-state index contributed by atoms with van der Waals surface area (Å²) in [5.41, 5.74) is 1.66. The van der Waals surface area contributed by atoms with Gasteiger partial charge in [0.1, 0.15) is 0 Å². The third kappa shape index (κ3) is 2.48. The number of hydrogen-bond donors (Lipinski definition) is 0. The molecule has 0 unspecified atom stereocenters. The molecule has 0 aromatic heterocycles. The second kappa shape index (κ2) is 5.44. The number of carbonyl (C=O) groups excluding carboxylic acids is 2. The van der Waals surface area contributed by atoms with Crippen LogP contribution in [0.1, 0.15) is 15.9 Å². The van der Waals surface area contributed by atoms with Crippen molar-refractivity contribution in [3.8, 4) is 0 Å². The molecule has 1 aliphatic rings. The van der Waals surface area contributed by atoms with Crippen LogP contribution in [0.3, 0.4) is 0 Å². The Balaban J connectivity index is 2.06. The molecule has 0 saturated carbocycles. The van der Waals surface area contributed by atoms with E-state index in [1.165, 1.54) is 4.90 Å². The van der Waals surface area contributed by atoms with Gasteiger partial charge in [-0.15, -0.1) is 0 Å². The average Bonchev–Trinajstić information content (AvgIpc) is 2.69. The van der Waals surface area contributed by atoms with E-state index < -0.39 is 11.7 Å². The maximum absolute atomic E-state index is 12.2. The molecule has 3 nitrogen and oxygen atoms in total. The van der Waals surface area contributed by atoms with Crippen molar-refractivity contribution < 1.29 is 9.59 Å². The molecule has 1 amide bonds. The Kier molecular flexibility index (Phi) is 3.78. The quantitative estimate of drug-likeness (QED) is 0.715. The maximum atomic E-state index is 12.2. The van der Waals surface area contributed by atoms with E-state index in [9.17, 15) is 9.59 Å². The Morgan fingerprint density at radius 2 is 1.86 bits per heavy atom. The van der Waals surface area contributed by atoms with E-state index in [-0.39, 0.29) is 6.54 Å². The standard InChI is InChI=1S/C15H8BrCl2NO2/c16-11-3-1-2-10-13(11)19(15(21)14(10)20)7-8-6-9(17)4-5-12(8)18/h1-6H,7H2. The van der Waals surface area contributed by atoms with Crippen LogP contribution in [-0.2, 0) is 11.3 Å². The van der Waals surface area contributed by atoms with Gasteiger partial charge in [-0.3, -0.25) is 14.5 Å². The number of nitrogens with zero attached hydrogens (tertiary/aromatic N) is 1. The zero-order chi connectivity index (χ0) is 15.1. The van der Waals surface area contributed by atoms with Crippen molar-refractivity contribution in [2.75, 3.05) is 4.90 Å². The molecule has 0 bridgehead atoms. The summed E-state index contributed by atoms with van der Waals surface area (Å²) in [6.45, 7) is 0.194. The number of Topliss-reactive ketones (excluding diaryl/α,β-unsaturated/α-hetero) is 1. The van der Waals surface area contributed by atoms with E-state index in [0.717, 1.165) is 0 Å². The molecule has 0 aliphatic carbocycles. The Hall–Kier alpha value is -1.36. The van der Waals surface area contributed by atoms with Gasteiger partial charge in [0.05, 0.1) is 17.8 Å². The fraction of sp³-hybridized carbons (Fsp3) is 0.0667. The first kappa shape index (κ1) is 14.6. The van der Waals surface area contributed by atoms with Gasteiger partial charge in [-0.2, -0.15) is 0 Å². The van der Waals surface area contributed by atoms with Crippen molar-refractivity contribution in [2.45, 2.75) is 6.54 Å². The highest BCUT2D eigenvalue weighted by Gasteiger charge is 2.37. The number of hydrogen-bond acceptors (Lipinski definition) is 2. The van der Waals surface area contributed by atoms with Crippen molar-refractivity contribution in [1.82, 2.24) is 0 Å². The number of ketones is 1. The zero-order valence-corrected chi connectivity index (χ0v) is 13.7. The van der Waals surface area contributed by atoms with Crippen LogP contribution in [0.5, 0.6) is 0 Å². The van der Waals surface area contributed by atoms with Gasteiger partial charge < -0.3 is 0 Å². The van der Waals surface area contributed by atoms with E-state index >= 15 is 0 Å². The lowest BCUT2D eigenvalue weighted by Gasteiger charge is -2.18. The number of halogens is 3. The highest BCUT2D eigenvalue weighted by molar-refractivity contribution is 9.10. The molecule has 0 fully saturated rings. The van der Waals surface area contributed by atoms with Gasteiger partial charge in [-0.25, -0.2) is 0 Å². The Bertz CT molecular complexity index is 776. The number of fused-ring (bicyclic) bond motifs is 1. The molecule has 106 valence electrons. The number of para-hydroxylation sites is 1. The molecule has 0 saturated heterocycles. The lowest BCUT2D eigenvalue weighted by Crippen LogP contribution is -2.29. The lowest BCUT2D eigenvalue weighted by molar-refractivity contribution is -0.114. The minimum Gasteiger partial charge on any atom is -0.299 e. The largest absolute Gasteiger partial charge is 0.299 e. The molecule has 1 aliphatic heterocycles. The van der Waals surface area contributed by atoms with Crippen molar-refractivity contribution in [1.29, 1.82) is 0 Å². The molecular weight excluding hydrogens is 377 g/mol. The fourth-order valence-corrected chi connectivity index (χ4v) is 3.25. The molecule has 1 heterocycles. The third-order valence-electron chi connectivity index (χ3n) is 3.28. The molecule has 21 heavy (non-hydrogen) atoms. The fourth-order valence-electron chi connectivity index (χ4n) is 2.30. The summed E-state index contributed by atoms with van der Waals surface area (Å²) in [7, 11) is 0. The van der Waals surface area contributed by atoms with Crippen LogP contribution in [0.4, 0.5) is 5.69 Å². The third-order valence-corrected chi connectivity index (χ3v) is 4.52. The number of anilines is 1. The predicted octanol–water partition coefficient (Wildman–Crippen LogP) is 4.49. The van der Waals surface area contributed by atoms with Crippen LogP contribution in [0.2, 0.25) is 10.0 Å². The van der Waals surface area contributed by atoms with Crippen LogP contribution in [-0.4, -0.2) is 11.7 Å². The topological polar surface area (TPSA) is 37.4 Å². The zero-order valence-electron chi connectivity index (χ0n) is 10.6. The molecule has 0 radical (unpaired) electrons. The van der Waals surface area contributed by atoms with Crippen molar-refractivity contribution >= 4 is 56.5 Å². The Morgan fingerprint density at radius 3 is 2.62 bits per heavy atom. The van der Waals surface area contributed by atoms with E-state index in [2.05, 4.69) is 15.9 Å². The summed E-state index contributed by atoms with van der Waals surface area (Å²) < 4.78 is 0.692. The van der Waals surface area contributed by atoms with Gasteiger partial charge >= 0.3 is 0 Å². The Labute approximate surface area is 139 Å². The van der Waals surface area contributed by atoms with Crippen LogP contribution < -0.4 is 4.90 Å². The van der Waals surface area contributed by atoms with Crippen molar-refractivity contribution in [3.05, 3.63) is 62.0 Å². The minimum atomic E-state index is -0.562.